The molecule has 1 aliphatic rings. The van der Waals surface area contributed by atoms with Crippen LogP contribution >= 0.6 is 38.9 Å². The highest BCUT2D eigenvalue weighted by molar-refractivity contribution is 9.11. The topological polar surface area (TPSA) is 9.23 Å². The van der Waals surface area contributed by atoms with Crippen LogP contribution in [0.5, 0.6) is 0 Å². The number of halogens is 2. The maximum atomic E-state index is 6.14. The average molecular weight is 310 g/mol. The Morgan fingerprint density at radius 3 is 2.73 bits per heavy atom. The predicted octanol–water partition coefficient (Wildman–Crippen LogP) is 4.09. The molecule has 2 rings (SSSR count). The van der Waals surface area contributed by atoms with Crippen molar-refractivity contribution in [3.8, 4) is 0 Å². The van der Waals surface area contributed by atoms with Crippen molar-refractivity contribution in [2.45, 2.75) is 19.3 Å². The summed E-state index contributed by atoms with van der Waals surface area (Å²) in [5.41, 5.74) is 1.64. The number of alkyl halides is 1. The number of ether oxygens (including phenoxy) is 1. The molecule has 1 aromatic heterocycles. The molecule has 84 valence electrons. The molecule has 0 aliphatic carbocycles. The van der Waals surface area contributed by atoms with E-state index in [1.54, 1.807) is 11.3 Å². The van der Waals surface area contributed by atoms with Crippen LogP contribution in [0.4, 0.5) is 0 Å². The molecule has 1 aromatic rings. The van der Waals surface area contributed by atoms with Gasteiger partial charge in [0, 0.05) is 19.1 Å². The summed E-state index contributed by atoms with van der Waals surface area (Å²) in [4.78, 5) is 0. The Labute approximate surface area is 108 Å². The molecule has 4 heteroatoms. The molecule has 1 nitrogen and oxygen atoms in total. The fourth-order valence-electron chi connectivity index (χ4n) is 2.01. The zero-order chi connectivity index (χ0) is 10.7. The van der Waals surface area contributed by atoms with Gasteiger partial charge in [-0.1, -0.05) is 0 Å². The summed E-state index contributed by atoms with van der Waals surface area (Å²) in [6.45, 7) is 1.71. The first kappa shape index (κ1) is 11.9. The third-order valence-corrected chi connectivity index (χ3v) is 5.47. The van der Waals surface area contributed by atoms with E-state index in [-0.39, 0.29) is 5.41 Å². The van der Waals surface area contributed by atoms with Crippen molar-refractivity contribution in [3.05, 3.63) is 20.8 Å². The van der Waals surface area contributed by atoms with Crippen LogP contribution in [0.1, 0.15) is 18.4 Å². The molecule has 0 aromatic carbocycles. The first-order chi connectivity index (χ1) is 7.26. The number of hydrogen-bond donors (Lipinski definition) is 0. The molecule has 1 saturated heterocycles. The highest BCUT2D eigenvalue weighted by Gasteiger charge is 2.32. The van der Waals surface area contributed by atoms with Crippen molar-refractivity contribution in [2.24, 2.45) is 5.41 Å². The molecule has 15 heavy (non-hydrogen) atoms. The standard InChI is InChI=1S/C11H14BrClOS/c12-10-9(1-6-15-10)7-11(8-13)2-4-14-5-3-11/h1,6H,2-5,7-8H2. The maximum absolute atomic E-state index is 6.14. The quantitative estimate of drug-likeness (QED) is 0.764. The SMILES string of the molecule is ClCC1(Cc2ccsc2Br)CCOCC1. The lowest BCUT2D eigenvalue weighted by Gasteiger charge is -2.35. The summed E-state index contributed by atoms with van der Waals surface area (Å²) < 4.78 is 6.66. The summed E-state index contributed by atoms with van der Waals surface area (Å²) in [6.07, 6.45) is 3.24. The Kier molecular flexibility index (Phi) is 4.10. The second-order valence-electron chi connectivity index (χ2n) is 4.14. The Morgan fingerprint density at radius 2 is 2.20 bits per heavy atom. The van der Waals surface area contributed by atoms with E-state index in [9.17, 15) is 0 Å². The lowest BCUT2D eigenvalue weighted by atomic mass is 9.77. The molecule has 0 atom stereocenters. The van der Waals surface area contributed by atoms with Gasteiger partial charge in [0.25, 0.3) is 0 Å². The molecule has 0 N–H and O–H groups in total. The third kappa shape index (κ3) is 2.76. The number of rotatable bonds is 3. The minimum absolute atomic E-state index is 0.253. The van der Waals surface area contributed by atoms with Crippen molar-refractivity contribution < 1.29 is 4.74 Å². The van der Waals surface area contributed by atoms with Gasteiger partial charge in [-0.25, -0.2) is 0 Å². The van der Waals surface area contributed by atoms with Crippen molar-refractivity contribution >= 4 is 38.9 Å². The van der Waals surface area contributed by atoms with E-state index in [0.29, 0.717) is 0 Å². The summed E-state index contributed by atoms with van der Waals surface area (Å²) >= 11 is 11.5. The van der Waals surface area contributed by atoms with Gasteiger partial charge in [0.2, 0.25) is 0 Å². The molecular weight excluding hydrogens is 296 g/mol. The third-order valence-electron chi connectivity index (χ3n) is 3.10. The van der Waals surface area contributed by atoms with E-state index in [1.807, 2.05) is 0 Å². The van der Waals surface area contributed by atoms with Gasteiger partial charge in [-0.2, -0.15) is 0 Å². The van der Waals surface area contributed by atoms with Gasteiger partial charge in [0.15, 0.2) is 0 Å². The van der Waals surface area contributed by atoms with Gasteiger partial charge in [0.05, 0.1) is 3.79 Å². The highest BCUT2D eigenvalue weighted by Crippen LogP contribution is 2.38. The van der Waals surface area contributed by atoms with Crippen LogP contribution in [0.15, 0.2) is 15.2 Å². The van der Waals surface area contributed by atoms with Crippen molar-refractivity contribution in [2.75, 3.05) is 19.1 Å². The monoisotopic (exact) mass is 308 g/mol. The number of thiophene rings is 1. The summed E-state index contributed by atoms with van der Waals surface area (Å²) in [7, 11) is 0. The Balaban J connectivity index is 2.10. The minimum atomic E-state index is 0.253. The van der Waals surface area contributed by atoms with Crippen molar-refractivity contribution in [3.63, 3.8) is 0 Å². The Bertz CT molecular complexity index is 320. The first-order valence-corrected chi connectivity index (χ1v) is 7.32. The number of hydrogen-bond acceptors (Lipinski definition) is 2. The lowest BCUT2D eigenvalue weighted by Crippen LogP contribution is -2.33. The summed E-state index contributed by atoms with van der Waals surface area (Å²) in [5.74, 6) is 0.735. The first-order valence-electron chi connectivity index (χ1n) is 5.11. The molecule has 0 amide bonds. The van der Waals surface area contributed by atoms with Gasteiger partial charge in [0.1, 0.15) is 0 Å². The molecule has 0 radical (unpaired) electrons. The Morgan fingerprint density at radius 1 is 1.47 bits per heavy atom. The molecule has 2 heterocycles. The molecular formula is C11H14BrClOS. The van der Waals surface area contributed by atoms with Crippen molar-refractivity contribution in [1.29, 1.82) is 0 Å². The fraction of sp³-hybridized carbons (Fsp3) is 0.636. The van der Waals surface area contributed by atoms with Gasteiger partial charge < -0.3 is 4.74 Å². The van der Waals surface area contributed by atoms with Gasteiger partial charge in [-0.3, -0.25) is 0 Å². The molecule has 1 aliphatic heterocycles. The maximum Gasteiger partial charge on any atom is 0.0730 e. The van der Waals surface area contributed by atoms with Crippen molar-refractivity contribution in [1.82, 2.24) is 0 Å². The summed E-state index contributed by atoms with van der Waals surface area (Å²) in [5, 5.41) is 2.13. The summed E-state index contributed by atoms with van der Waals surface area (Å²) in [6, 6.07) is 2.19. The van der Waals surface area contributed by atoms with E-state index in [4.69, 9.17) is 16.3 Å². The van der Waals surface area contributed by atoms with E-state index < -0.39 is 0 Å². The van der Waals surface area contributed by atoms with Crippen LogP contribution in [0, 0.1) is 5.41 Å². The zero-order valence-corrected chi connectivity index (χ0v) is 11.6. The molecule has 1 fully saturated rings. The van der Waals surface area contributed by atoms with Gasteiger partial charge in [-0.05, 0) is 57.6 Å². The van der Waals surface area contributed by atoms with E-state index in [1.165, 1.54) is 9.35 Å². The van der Waals surface area contributed by atoms with Crippen LogP contribution in [0.25, 0.3) is 0 Å². The predicted molar refractivity (Wildman–Crippen MR) is 68.9 cm³/mol. The van der Waals surface area contributed by atoms with Crippen LogP contribution in [-0.2, 0) is 11.2 Å². The van der Waals surface area contributed by atoms with Crippen LogP contribution in [0.3, 0.4) is 0 Å². The lowest BCUT2D eigenvalue weighted by molar-refractivity contribution is 0.0257. The van der Waals surface area contributed by atoms with Gasteiger partial charge >= 0.3 is 0 Å². The minimum Gasteiger partial charge on any atom is -0.381 e. The molecule has 0 bridgehead atoms. The second kappa shape index (κ2) is 5.17. The largest absolute Gasteiger partial charge is 0.381 e. The highest BCUT2D eigenvalue weighted by atomic mass is 79.9. The van der Waals surface area contributed by atoms with E-state index in [2.05, 4.69) is 27.4 Å². The van der Waals surface area contributed by atoms with Crippen LogP contribution in [0.2, 0.25) is 0 Å². The molecule has 0 unspecified atom stereocenters. The Hall–Kier alpha value is 0.430. The zero-order valence-electron chi connectivity index (χ0n) is 8.47. The fourth-order valence-corrected chi connectivity index (χ4v) is 3.61. The van der Waals surface area contributed by atoms with Crippen LogP contribution < -0.4 is 0 Å². The second-order valence-corrected chi connectivity index (χ2v) is 6.64. The van der Waals surface area contributed by atoms with E-state index in [0.717, 1.165) is 38.4 Å². The van der Waals surface area contributed by atoms with Crippen LogP contribution in [-0.4, -0.2) is 19.1 Å². The molecule has 0 spiro atoms. The van der Waals surface area contributed by atoms with Gasteiger partial charge in [-0.15, -0.1) is 22.9 Å². The molecule has 0 saturated carbocycles. The van der Waals surface area contributed by atoms with E-state index >= 15 is 0 Å². The normalized spacial score (nSPS) is 20.4. The average Bonchev–Trinajstić information content (AvgIpc) is 2.66. The smallest absolute Gasteiger partial charge is 0.0730 e.